The highest BCUT2D eigenvalue weighted by Crippen LogP contribution is 2.30. The van der Waals surface area contributed by atoms with Crippen molar-refractivity contribution in [2.45, 2.75) is 25.5 Å². The molecule has 0 saturated carbocycles. The molecule has 5 heteroatoms. The molecule has 112 valence electrons. The number of hydrogen-bond acceptors (Lipinski definition) is 5. The highest BCUT2D eigenvalue weighted by atomic mass is 16.3. The summed E-state index contributed by atoms with van der Waals surface area (Å²) in [5.74, 6) is -0.0283. The Morgan fingerprint density at radius 1 is 1.52 bits per heavy atom. The molecule has 0 amide bonds. The van der Waals surface area contributed by atoms with Gasteiger partial charge in [0.2, 0.25) is 0 Å². The molecule has 21 heavy (non-hydrogen) atoms. The third-order valence-corrected chi connectivity index (χ3v) is 3.78. The quantitative estimate of drug-likeness (QED) is 0.845. The summed E-state index contributed by atoms with van der Waals surface area (Å²) in [5, 5.41) is 19.1. The average Bonchev–Trinajstić information content (AvgIpc) is 2.77. The first-order chi connectivity index (χ1) is 9.92. The molecule has 1 aliphatic heterocycles. The van der Waals surface area contributed by atoms with Crippen LogP contribution in [0.3, 0.4) is 0 Å². The third kappa shape index (κ3) is 3.41. The molecule has 2 atom stereocenters. The maximum absolute atomic E-state index is 11.9. The molecular formula is C16H21N3O2. The van der Waals surface area contributed by atoms with Crippen LogP contribution in [0.2, 0.25) is 0 Å². The number of aliphatic hydroxyl groups is 1. The minimum Gasteiger partial charge on any atom is -0.391 e. The number of benzene rings is 1. The molecule has 0 radical (unpaired) electrons. The van der Waals surface area contributed by atoms with E-state index in [-0.39, 0.29) is 11.8 Å². The Hall–Kier alpha value is -1.90. The van der Waals surface area contributed by atoms with Crippen molar-refractivity contribution in [1.82, 2.24) is 4.90 Å². The molecule has 1 aliphatic rings. The first-order valence-corrected chi connectivity index (χ1v) is 7.07. The lowest BCUT2D eigenvalue weighted by Crippen LogP contribution is -2.38. The van der Waals surface area contributed by atoms with E-state index in [9.17, 15) is 9.90 Å². The van der Waals surface area contributed by atoms with Crippen LogP contribution in [0, 0.1) is 11.3 Å². The number of rotatable bonds is 4. The molecule has 1 aromatic carbocycles. The lowest BCUT2D eigenvalue weighted by Gasteiger charge is -2.30. The van der Waals surface area contributed by atoms with E-state index >= 15 is 0 Å². The number of likely N-dealkylation sites (N-methyl/N-ethyl adjacent to an activating group) is 1. The Balaban J connectivity index is 2.42. The van der Waals surface area contributed by atoms with Crippen molar-refractivity contribution in [2.24, 2.45) is 0 Å². The van der Waals surface area contributed by atoms with Gasteiger partial charge in [-0.05, 0) is 45.6 Å². The van der Waals surface area contributed by atoms with E-state index in [1.54, 1.807) is 18.2 Å². The predicted molar refractivity (Wildman–Crippen MR) is 81.5 cm³/mol. The molecule has 1 N–H and O–H groups in total. The number of β-amino-alcohol motifs (C(OH)–C–C–N with tert-alkyl or cyclic N) is 1. The Kier molecular flexibility index (Phi) is 4.61. The van der Waals surface area contributed by atoms with Gasteiger partial charge in [-0.25, -0.2) is 0 Å². The van der Waals surface area contributed by atoms with Crippen molar-refractivity contribution in [1.29, 1.82) is 5.26 Å². The summed E-state index contributed by atoms with van der Waals surface area (Å²) in [6.07, 6.45) is 0.271. The Labute approximate surface area is 125 Å². The number of carbonyl (C=O) groups excluding carboxylic acids is 1. The Morgan fingerprint density at radius 2 is 2.24 bits per heavy atom. The molecule has 0 bridgehead atoms. The fourth-order valence-electron chi connectivity index (χ4n) is 2.92. The highest BCUT2D eigenvalue weighted by Gasteiger charge is 2.33. The average molecular weight is 287 g/mol. The molecule has 1 fully saturated rings. The number of aliphatic hydroxyl groups excluding tert-OH is 1. The fraction of sp³-hybridized carbons (Fsp3) is 0.500. The second-order valence-electron chi connectivity index (χ2n) is 5.86. The van der Waals surface area contributed by atoms with Gasteiger partial charge >= 0.3 is 0 Å². The summed E-state index contributed by atoms with van der Waals surface area (Å²) in [6.45, 7) is 2.82. The lowest BCUT2D eigenvalue weighted by atomic mass is 10.0. The van der Waals surface area contributed by atoms with Gasteiger partial charge in [0.25, 0.3) is 0 Å². The lowest BCUT2D eigenvalue weighted by molar-refractivity contribution is 0.101. The normalized spacial score (nSPS) is 21.6. The summed E-state index contributed by atoms with van der Waals surface area (Å²) < 4.78 is 0. The molecule has 2 unspecified atom stereocenters. The van der Waals surface area contributed by atoms with Crippen LogP contribution in [0.4, 0.5) is 5.69 Å². The maximum atomic E-state index is 11.9. The zero-order valence-corrected chi connectivity index (χ0v) is 12.7. The molecule has 1 saturated heterocycles. The molecule has 0 spiro atoms. The van der Waals surface area contributed by atoms with Gasteiger partial charge in [-0.3, -0.25) is 4.79 Å². The monoisotopic (exact) mass is 287 g/mol. The molecule has 0 aromatic heterocycles. The smallest absolute Gasteiger partial charge is 0.161 e. The first-order valence-electron chi connectivity index (χ1n) is 7.07. The summed E-state index contributed by atoms with van der Waals surface area (Å²) in [4.78, 5) is 16.0. The van der Waals surface area contributed by atoms with Crippen molar-refractivity contribution in [3.8, 4) is 6.07 Å². The third-order valence-electron chi connectivity index (χ3n) is 3.78. The minimum atomic E-state index is -0.402. The van der Waals surface area contributed by atoms with E-state index < -0.39 is 6.10 Å². The number of hydrogen-bond donors (Lipinski definition) is 1. The van der Waals surface area contributed by atoms with E-state index in [2.05, 4.69) is 15.9 Å². The van der Waals surface area contributed by atoms with Gasteiger partial charge in [-0.15, -0.1) is 0 Å². The van der Waals surface area contributed by atoms with Crippen molar-refractivity contribution >= 4 is 11.5 Å². The molecule has 2 rings (SSSR count). The molecule has 1 heterocycles. The van der Waals surface area contributed by atoms with Gasteiger partial charge in [0.1, 0.15) is 0 Å². The van der Waals surface area contributed by atoms with E-state index in [1.807, 2.05) is 14.1 Å². The molecule has 5 nitrogen and oxygen atoms in total. The number of carbonyl (C=O) groups is 1. The Bertz CT molecular complexity index is 577. The number of Topliss-reactive ketones (excluding diaryl/α,β-unsaturated/α-hetero) is 1. The van der Waals surface area contributed by atoms with Crippen LogP contribution in [-0.2, 0) is 0 Å². The van der Waals surface area contributed by atoms with Crippen LogP contribution in [0.15, 0.2) is 18.2 Å². The summed E-state index contributed by atoms with van der Waals surface area (Å²) >= 11 is 0. The first kappa shape index (κ1) is 15.5. The van der Waals surface area contributed by atoms with Gasteiger partial charge in [0, 0.05) is 30.4 Å². The molecule has 1 aromatic rings. The van der Waals surface area contributed by atoms with Crippen LogP contribution in [0.1, 0.15) is 29.3 Å². The van der Waals surface area contributed by atoms with Crippen molar-refractivity contribution in [3.05, 3.63) is 29.3 Å². The second-order valence-corrected chi connectivity index (χ2v) is 5.86. The van der Waals surface area contributed by atoms with E-state index in [0.29, 0.717) is 24.1 Å². The van der Waals surface area contributed by atoms with Crippen molar-refractivity contribution < 1.29 is 9.90 Å². The topological polar surface area (TPSA) is 67.6 Å². The summed E-state index contributed by atoms with van der Waals surface area (Å²) in [5.41, 5.74) is 1.89. The molecular weight excluding hydrogens is 266 g/mol. The standard InChI is InChI=1S/C16H21N3O2/c1-11(20)15-5-4-12(8-17)6-16(15)19-10-14(21)7-13(19)9-18(2)3/h4-6,13-14,21H,7,9-10H2,1-3H3. The largest absolute Gasteiger partial charge is 0.391 e. The zero-order valence-electron chi connectivity index (χ0n) is 12.7. The van der Waals surface area contributed by atoms with E-state index in [0.717, 1.165) is 12.2 Å². The van der Waals surface area contributed by atoms with Crippen molar-refractivity contribution in [3.63, 3.8) is 0 Å². The van der Waals surface area contributed by atoms with Crippen LogP contribution >= 0.6 is 0 Å². The van der Waals surface area contributed by atoms with Gasteiger partial charge in [0.05, 0.1) is 17.7 Å². The number of ketones is 1. The van der Waals surface area contributed by atoms with Crippen LogP contribution in [-0.4, -0.2) is 55.1 Å². The second kappa shape index (κ2) is 6.25. The van der Waals surface area contributed by atoms with Gasteiger partial charge in [-0.2, -0.15) is 5.26 Å². The van der Waals surface area contributed by atoms with Gasteiger partial charge in [-0.1, -0.05) is 0 Å². The number of anilines is 1. The maximum Gasteiger partial charge on any atom is 0.161 e. The summed E-state index contributed by atoms with van der Waals surface area (Å²) in [6, 6.07) is 7.36. The Morgan fingerprint density at radius 3 is 2.81 bits per heavy atom. The highest BCUT2D eigenvalue weighted by molar-refractivity contribution is 6.00. The van der Waals surface area contributed by atoms with Crippen LogP contribution < -0.4 is 4.90 Å². The van der Waals surface area contributed by atoms with E-state index in [4.69, 9.17) is 5.26 Å². The summed E-state index contributed by atoms with van der Waals surface area (Å²) in [7, 11) is 3.97. The number of nitrogens with zero attached hydrogens (tertiary/aromatic N) is 3. The minimum absolute atomic E-state index is 0.0283. The zero-order chi connectivity index (χ0) is 15.6. The van der Waals surface area contributed by atoms with Crippen molar-refractivity contribution in [2.75, 3.05) is 32.1 Å². The predicted octanol–water partition coefficient (Wildman–Crippen LogP) is 1.26. The number of nitriles is 1. The van der Waals surface area contributed by atoms with Crippen LogP contribution in [0.25, 0.3) is 0 Å². The fourth-order valence-corrected chi connectivity index (χ4v) is 2.92. The SMILES string of the molecule is CC(=O)c1ccc(C#N)cc1N1CC(O)CC1CN(C)C. The van der Waals surface area contributed by atoms with Gasteiger partial charge < -0.3 is 14.9 Å². The van der Waals surface area contributed by atoms with E-state index in [1.165, 1.54) is 6.92 Å². The van der Waals surface area contributed by atoms with Gasteiger partial charge in [0.15, 0.2) is 5.78 Å². The molecule has 0 aliphatic carbocycles. The van der Waals surface area contributed by atoms with Crippen LogP contribution in [0.5, 0.6) is 0 Å².